The number of hydrogen-bond donors (Lipinski definition) is 2. The highest BCUT2D eigenvalue weighted by molar-refractivity contribution is 7.91. The average molecular weight is 500 g/mol. The SMILES string of the molecule is COc1ccc(NC(=O)c2ccccc2NCC(=O)N(C2CCCCC2)[C@@H]2CCS(=O)(=O)C2)cc1. The van der Waals surface area contributed by atoms with Crippen molar-refractivity contribution in [1.29, 1.82) is 0 Å². The summed E-state index contributed by atoms with van der Waals surface area (Å²) in [6.45, 7) is -0.000122. The molecule has 0 bridgehead atoms. The summed E-state index contributed by atoms with van der Waals surface area (Å²) in [5.41, 5.74) is 1.60. The smallest absolute Gasteiger partial charge is 0.257 e. The molecule has 2 fully saturated rings. The van der Waals surface area contributed by atoms with Crippen LogP contribution in [0.25, 0.3) is 0 Å². The summed E-state index contributed by atoms with van der Waals surface area (Å²) in [5, 5.41) is 6.01. The molecule has 0 radical (unpaired) electrons. The van der Waals surface area contributed by atoms with E-state index in [1.54, 1.807) is 55.6 Å². The minimum Gasteiger partial charge on any atom is -0.497 e. The van der Waals surface area contributed by atoms with Crippen LogP contribution in [0.2, 0.25) is 0 Å². The normalized spacial score (nSPS) is 19.6. The maximum atomic E-state index is 13.4. The molecular formula is C26H33N3O5S. The molecule has 1 saturated carbocycles. The molecule has 1 aliphatic carbocycles. The van der Waals surface area contributed by atoms with E-state index in [1.807, 2.05) is 4.90 Å². The molecule has 2 aliphatic rings. The average Bonchev–Trinajstić information content (AvgIpc) is 3.23. The number of carbonyl (C=O) groups is 2. The zero-order chi connectivity index (χ0) is 24.8. The number of carbonyl (C=O) groups excluding carboxylic acids is 2. The van der Waals surface area contributed by atoms with Gasteiger partial charge >= 0.3 is 0 Å². The van der Waals surface area contributed by atoms with Crippen molar-refractivity contribution in [2.75, 3.05) is 35.8 Å². The molecule has 35 heavy (non-hydrogen) atoms. The zero-order valence-corrected chi connectivity index (χ0v) is 20.9. The summed E-state index contributed by atoms with van der Waals surface area (Å²) in [5.74, 6) is 0.453. The Balaban J connectivity index is 1.45. The molecule has 8 nitrogen and oxygen atoms in total. The number of hydrogen-bond acceptors (Lipinski definition) is 6. The predicted molar refractivity (Wildman–Crippen MR) is 137 cm³/mol. The lowest BCUT2D eigenvalue weighted by Gasteiger charge is -2.38. The van der Waals surface area contributed by atoms with Crippen molar-refractivity contribution in [2.45, 2.75) is 50.6 Å². The fourth-order valence-electron chi connectivity index (χ4n) is 5.03. The number of methoxy groups -OCH3 is 1. The van der Waals surface area contributed by atoms with Gasteiger partial charge in [0.1, 0.15) is 5.75 Å². The van der Waals surface area contributed by atoms with Crippen LogP contribution >= 0.6 is 0 Å². The van der Waals surface area contributed by atoms with Crippen LogP contribution in [-0.2, 0) is 14.6 Å². The zero-order valence-electron chi connectivity index (χ0n) is 20.0. The fourth-order valence-corrected chi connectivity index (χ4v) is 6.74. The Morgan fingerprint density at radius 1 is 0.971 bits per heavy atom. The maximum absolute atomic E-state index is 13.4. The van der Waals surface area contributed by atoms with E-state index < -0.39 is 9.84 Å². The van der Waals surface area contributed by atoms with Gasteiger partial charge < -0.3 is 20.3 Å². The molecule has 2 aromatic carbocycles. The first-order valence-corrected chi connectivity index (χ1v) is 14.0. The van der Waals surface area contributed by atoms with Gasteiger partial charge in [-0.05, 0) is 55.7 Å². The summed E-state index contributed by atoms with van der Waals surface area (Å²) < 4.78 is 29.4. The number of sulfone groups is 1. The van der Waals surface area contributed by atoms with Crippen LogP contribution in [-0.4, -0.2) is 62.4 Å². The molecule has 0 unspecified atom stereocenters. The quantitative estimate of drug-likeness (QED) is 0.574. The van der Waals surface area contributed by atoms with Crippen LogP contribution in [0.1, 0.15) is 48.9 Å². The Hall–Kier alpha value is -3.07. The van der Waals surface area contributed by atoms with Gasteiger partial charge in [-0.25, -0.2) is 8.42 Å². The molecule has 2 aromatic rings. The number of nitrogens with zero attached hydrogens (tertiary/aromatic N) is 1. The Bertz CT molecular complexity index is 1140. The van der Waals surface area contributed by atoms with Crippen molar-refractivity contribution >= 4 is 33.0 Å². The molecule has 1 atom stereocenters. The maximum Gasteiger partial charge on any atom is 0.257 e. The number of ether oxygens (including phenoxy) is 1. The third kappa shape index (κ3) is 6.33. The van der Waals surface area contributed by atoms with E-state index in [9.17, 15) is 18.0 Å². The molecule has 9 heteroatoms. The van der Waals surface area contributed by atoms with E-state index in [1.165, 1.54) is 0 Å². The Labute approximate surface area is 207 Å². The summed E-state index contributed by atoms with van der Waals surface area (Å²) >= 11 is 0. The molecule has 2 amide bonds. The van der Waals surface area contributed by atoms with Crippen LogP contribution in [0.3, 0.4) is 0 Å². The van der Waals surface area contributed by atoms with Gasteiger partial charge in [-0.2, -0.15) is 0 Å². The van der Waals surface area contributed by atoms with Crippen LogP contribution in [0.4, 0.5) is 11.4 Å². The number of amides is 2. The number of rotatable bonds is 8. The van der Waals surface area contributed by atoms with E-state index in [2.05, 4.69) is 10.6 Å². The van der Waals surface area contributed by atoms with Crippen LogP contribution in [0.5, 0.6) is 5.75 Å². The van der Waals surface area contributed by atoms with E-state index in [0.717, 1.165) is 32.1 Å². The number of anilines is 2. The van der Waals surface area contributed by atoms with Gasteiger partial charge in [0.05, 0.1) is 30.7 Å². The second-order valence-electron chi connectivity index (χ2n) is 9.23. The lowest BCUT2D eigenvalue weighted by molar-refractivity contribution is -0.134. The Kier molecular flexibility index (Phi) is 7.95. The highest BCUT2D eigenvalue weighted by Crippen LogP contribution is 2.29. The lowest BCUT2D eigenvalue weighted by atomic mass is 9.93. The van der Waals surface area contributed by atoms with Crippen molar-refractivity contribution in [3.05, 3.63) is 54.1 Å². The summed E-state index contributed by atoms with van der Waals surface area (Å²) in [7, 11) is -1.53. The summed E-state index contributed by atoms with van der Waals surface area (Å²) in [4.78, 5) is 28.2. The van der Waals surface area contributed by atoms with Gasteiger partial charge in [-0.3, -0.25) is 9.59 Å². The molecule has 1 aliphatic heterocycles. The van der Waals surface area contributed by atoms with Crippen molar-refractivity contribution in [1.82, 2.24) is 4.90 Å². The molecule has 0 spiro atoms. The highest BCUT2D eigenvalue weighted by Gasteiger charge is 2.38. The van der Waals surface area contributed by atoms with Crippen molar-refractivity contribution in [2.24, 2.45) is 0 Å². The molecule has 2 N–H and O–H groups in total. The van der Waals surface area contributed by atoms with E-state index >= 15 is 0 Å². The van der Waals surface area contributed by atoms with E-state index in [-0.39, 0.29) is 41.9 Å². The third-order valence-electron chi connectivity index (χ3n) is 6.81. The lowest BCUT2D eigenvalue weighted by Crippen LogP contribution is -2.50. The first-order chi connectivity index (χ1) is 16.9. The highest BCUT2D eigenvalue weighted by atomic mass is 32.2. The first-order valence-electron chi connectivity index (χ1n) is 12.2. The number of nitrogens with one attached hydrogen (secondary N) is 2. The van der Waals surface area contributed by atoms with Gasteiger partial charge in [-0.15, -0.1) is 0 Å². The van der Waals surface area contributed by atoms with Gasteiger partial charge in [0.2, 0.25) is 5.91 Å². The predicted octanol–water partition coefficient (Wildman–Crippen LogP) is 3.71. The van der Waals surface area contributed by atoms with Crippen LogP contribution in [0.15, 0.2) is 48.5 Å². The number of benzene rings is 2. The van der Waals surface area contributed by atoms with E-state index in [0.29, 0.717) is 29.1 Å². The summed E-state index contributed by atoms with van der Waals surface area (Å²) in [6.07, 6.45) is 5.56. The van der Waals surface area contributed by atoms with Gasteiger partial charge in [-0.1, -0.05) is 31.4 Å². The first kappa shape index (κ1) is 25.0. The van der Waals surface area contributed by atoms with Gasteiger partial charge in [0, 0.05) is 23.5 Å². The fraction of sp³-hybridized carbons (Fsp3) is 0.462. The summed E-state index contributed by atoms with van der Waals surface area (Å²) in [6, 6.07) is 13.9. The number of para-hydroxylation sites is 1. The molecule has 4 rings (SSSR count). The molecular weight excluding hydrogens is 466 g/mol. The van der Waals surface area contributed by atoms with Crippen molar-refractivity contribution in [3.8, 4) is 5.75 Å². The van der Waals surface area contributed by atoms with Crippen LogP contribution < -0.4 is 15.4 Å². The van der Waals surface area contributed by atoms with Crippen molar-refractivity contribution in [3.63, 3.8) is 0 Å². The second-order valence-corrected chi connectivity index (χ2v) is 11.5. The van der Waals surface area contributed by atoms with Gasteiger partial charge in [0.25, 0.3) is 5.91 Å². The van der Waals surface area contributed by atoms with Crippen LogP contribution in [0, 0.1) is 0 Å². The Morgan fingerprint density at radius 3 is 2.34 bits per heavy atom. The largest absolute Gasteiger partial charge is 0.497 e. The molecule has 1 saturated heterocycles. The third-order valence-corrected chi connectivity index (χ3v) is 8.56. The minimum absolute atomic E-state index is 0.000122. The second kappa shape index (κ2) is 11.1. The minimum atomic E-state index is -3.11. The molecule has 1 heterocycles. The topological polar surface area (TPSA) is 105 Å². The van der Waals surface area contributed by atoms with Crippen molar-refractivity contribution < 1.29 is 22.7 Å². The Morgan fingerprint density at radius 2 is 1.69 bits per heavy atom. The molecule has 0 aromatic heterocycles. The molecule has 188 valence electrons. The van der Waals surface area contributed by atoms with Gasteiger partial charge in [0.15, 0.2) is 9.84 Å². The van der Waals surface area contributed by atoms with E-state index in [4.69, 9.17) is 4.74 Å². The standard InChI is InChI=1S/C26H33N3O5S/c1-34-22-13-11-19(12-14-22)28-26(31)23-9-5-6-10-24(23)27-17-25(30)29(20-7-3-2-4-8-20)21-15-16-35(32,33)18-21/h5-6,9-14,20-21,27H,2-4,7-8,15-18H2,1H3,(H,28,31)/t21-/m1/s1. The monoisotopic (exact) mass is 499 g/mol.